The molecule has 2 N–H and O–H groups in total. The van der Waals surface area contributed by atoms with Crippen LogP contribution in [0.3, 0.4) is 0 Å². The number of nitrogens with two attached hydrogens (primary N) is 1. The summed E-state index contributed by atoms with van der Waals surface area (Å²) in [7, 11) is 1.77. The van der Waals surface area contributed by atoms with Gasteiger partial charge in [0.2, 0.25) is 0 Å². The molecule has 1 atom stereocenters. The molecule has 0 bridgehead atoms. The van der Waals surface area contributed by atoms with Crippen LogP contribution in [0.5, 0.6) is 0 Å². The van der Waals surface area contributed by atoms with Crippen molar-refractivity contribution in [2.24, 2.45) is 13.0 Å². The van der Waals surface area contributed by atoms with Crippen LogP contribution in [-0.4, -0.2) is 22.1 Å². The number of ether oxygens (including phenoxy) is 1. The number of carbonyl (C=O) groups is 1. The fourth-order valence-corrected chi connectivity index (χ4v) is 3.48. The zero-order valence-electron chi connectivity index (χ0n) is 14.7. The first-order chi connectivity index (χ1) is 12.5. The first-order valence-electron chi connectivity index (χ1n) is 8.44. The van der Waals surface area contributed by atoms with E-state index < -0.39 is 0 Å². The molecule has 132 valence electrons. The lowest BCUT2D eigenvalue weighted by molar-refractivity contribution is -0.148. The quantitative estimate of drug-likeness (QED) is 0.848. The van der Waals surface area contributed by atoms with Gasteiger partial charge in [-0.3, -0.25) is 4.79 Å². The van der Waals surface area contributed by atoms with E-state index in [2.05, 4.69) is 17.1 Å². The minimum absolute atomic E-state index is 0.179. The molecule has 3 rings (SSSR count). The second-order valence-corrected chi connectivity index (χ2v) is 6.31. The third kappa shape index (κ3) is 2.89. The van der Waals surface area contributed by atoms with Gasteiger partial charge in [0.25, 0.3) is 0 Å². The van der Waals surface area contributed by atoms with Crippen molar-refractivity contribution in [2.75, 3.05) is 12.3 Å². The van der Waals surface area contributed by atoms with Crippen LogP contribution >= 0.6 is 0 Å². The summed E-state index contributed by atoms with van der Waals surface area (Å²) in [6, 6.07) is 5.98. The molecule has 0 radical (unpaired) electrons. The van der Waals surface area contributed by atoms with Gasteiger partial charge in [0.15, 0.2) is 0 Å². The zero-order chi connectivity index (χ0) is 18.8. The van der Waals surface area contributed by atoms with E-state index in [0.717, 1.165) is 16.8 Å². The van der Waals surface area contributed by atoms with Gasteiger partial charge in [-0.2, -0.15) is 10.5 Å². The second-order valence-electron chi connectivity index (χ2n) is 6.31. The Kier molecular flexibility index (Phi) is 4.64. The van der Waals surface area contributed by atoms with Crippen molar-refractivity contribution in [3.05, 3.63) is 34.8 Å². The maximum absolute atomic E-state index is 12.2. The van der Waals surface area contributed by atoms with E-state index in [-0.39, 0.29) is 23.3 Å². The SMILES string of the molecule is CCOC(=O)[C@H]1CCc2nc(N)c(C#N)c(-c3cc(C#N)n(C)c3)c2C1. The largest absolute Gasteiger partial charge is 0.466 e. The van der Waals surface area contributed by atoms with E-state index in [4.69, 9.17) is 10.5 Å². The lowest BCUT2D eigenvalue weighted by atomic mass is 9.81. The number of carbonyl (C=O) groups excluding carboxylic acids is 1. The standard InChI is InChI=1S/C19H19N5O2/c1-3-26-19(25)11-4-5-16-14(7-11)17(15(9-21)18(22)23-16)12-6-13(8-20)24(2)10-12/h6,10-11H,3-5,7H2,1-2H3,(H2,22,23)/t11-/m0/s1. The summed E-state index contributed by atoms with van der Waals surface area (Å²) >= 11 is 0. The predicted molar refractivity (Wildman–Crippen MR) is 94.6 cm³/mol. The van der Waals surface area contributed by atoms with E-state index in [1.54, 1.807) is 30.8 Å². The van der Waals surface area contributed by atoms with Crippen molar-refractivity contribution >= 4 is 11.8 Å². The number of aryl methyl sites for hydroxylation is 2. The smallest absolute Gasteiger partial charge is 0.309 e. The van der Waals surface area contributed by atoms with Crippen LogP contribution in [0.15, 0.2) is 12.3 Å². The molecule has 0 amide bonds. The number of fused-ring (bicyclic) bond motifs is 1. The van der Waals surface area contributed by atoms with Gasteiger partial charge in [-0.25, -0.2) is 4.98 Å². The lowest BCUT2D eigenvalue weighted by Gasteiger charge is -2.25. The van der Waals surface area contributed by atoms with Gasteiger partial charge >= 0.3 is 5.97 Å². The van der Waals surface area contributed by atoms with Crippen molar-refractivity contribution in [1.82, 2.24) is 9.55 Å². The van der Waals surface area contributed by atoms with E-state index >= 15 is 0 Å². The second kappa shape index (κ2) is 6.89. The maximum atomic E-state index is 12.2. The van der Waals surface area contributed by atoms with E-state index in [0.29, 0.717) is 37.1 Å². The Balaban J connectivity index is 2.17. The number of hydrogen-bond acceptors (Lipinski definition) is 6. The predicted octanol–water partition coefficient (Wildman–Crippen LogP) is 2.08. The molecule has 0 saturated carbocycles. The number of nitrogen functional groups attached to an aromatic ring is 1. The monoisotopic (exact) mass is 349 g/mol. The number of pyridine rings is 1. The van der Waals surface area contributed by atoms with Crippen molar-refractivity contribution in [1.29, 1.82) is 10.5 Å². The highest BCUT2D eigenvalue weighted by Gasteiger charge is 2.31. The number of aromatic nitrogens is 2. The Bertz CT molecular complexity index is 962. The Morgan fingerprint density at radius 3 is 2.85 bits per heavy atom. The van der Waals surface area contributed by atoms with Crippen LogP contribution < -0.4 is 5.73 Å². The molecule has 2 aromatic rings. The number of nitrogens with zero attached hydrogens (tertiary/aromatic N) is 4. The summed E-state index contributed by atoms with van der Waals surface area (Å²) in [5.41, 5.74) is 9.82. The van der Waals surface area contributed by atoms with Crippen molar-refractivity contribution in [2.45, 2.75) is 26.2 Å². The number of esters is 1. The molecule has 7 nitrogen and oxygen atoms in total. The molecule has 0 unspecified atom stereocenters. The molecular formula is C19H19N5O2. The topological polar surface area (TPSA) is 118 Å². The lowest BCUT2D eigenvalue weighted by Crippen LogP contribution is -2.26. The summed E-state index contributed by atoms with van der Waals surface area (Å²) < 4.78 is 6.87. The number of hydrogen-bond donors (Lipinski definition) is 1. The summed E-state index contributed by atoms with van der Waals surface area (Å²) in [6.45, 7) is 2.12. The van der Waals surface area contributed by atoms with E-state index in [1.165, 1.54) is 0 Å². The normalized spacial score (nSPS) is 15.6. The van der Waals surface area contributed by atoms with Crippen LogP contribution in [-0.2, 0) is 29.4 Å². The summed E-state index contributed by atoms with van der Waals surface area (Å²) in [4.78, 5) is 16.6. The molecule has 26 heavy (non-hydrogen) atoms. The fraction of sp³-hybridized carbons (Fsp3) is 0.368. The molecule has 1 aliphatic carbocycles. The van der Waals surface area contributed by atoms with Crippen molar-refractivity contribution in [3.8, 4) is 23.3 Å². The highest BCUT2D eigenvalue weighted by Crippen LogP contribution is 2.38. The van der Waals surface area contributed by atoms with Crippen LogP contribution in [0.1, 0.15) is 35.9 Å². The molecule has 7 heteroatoms. The average molecular weight is 349 g/mol. The molecule has 2 heterocycles. The number of nitriles is 2. The third-order valence-corrected chi connectivity index (χ3v) is 4.73. The Hall–Kier alpha value is -3.32. The van der Waals surface area contributed by atoms with Gasteiger partial charge < -0.3 is 15.0 Å². The van der Waals surface area contributed by atoms with Crippen molar-refractivity contribution < 1.29 is 9.53 Å². The molecule has 0 spiro atoms. The van der Waals surface area contributed by atoms with E-state index in [1.807, 2.05) is 0 Å². The summed E-state index contributed by atoms with van der Waals surface area (Å²) in [5, 5.41) is 18.9. The molecular weight excluding hydrogens is 330 g/mol. The van der Waals surface area contributed by atoms with Gasteiger partial charge in [0.1, 0.15) is 29.2 Å². The first-order valence-corrected chi connectivity index (χ1v) is 8.44. The van der Waals surface area contributed by atoms with Crippen LogP contribution in [0.2, 0.25) is 0 Å². The Morgan fingerprint density at radius 2 is 2.23 bits per heavy atom. The molecule has 0 aliphatic heterocycles. The summed E-state index contributed by atoms with van der Waals surface area (Å²) in [6.07, 6.45) is 3.48. The number of anilines is 1. The molecule has 2 aromatic heterocycles. The minimum atomic E-state index is -0.266. The van der Waals surface area contributed by atoms with Crippen LogP contribution in [0, 0.1) is 28.6 Å². The average Bonchev–Trinajstić information content (AvgIpc) is 3.00. The molecule has 1 aliphatic rings. The third-order valence-electron chi connectivity index (χ3n) is 4.73. The highest BCUT2D eigenvalue weighted by atomic mass is 16.5. The summed E-state index contributed by atoms with van der Waals surface area (Å²) in [5.74, 6) is -0.319. The Labute approximate surface area is 151 Å². The van der Waals surface area contributed by atoms with Crippen molar-refractivity contribution in [3.63, 3.8) is 0 Å². The Morgan fingerprint density at radius 1 is 1.46 bits per heavy atom. The zero-order valence-corrected chi connectivity index (χ0v) is 14.7. The van der Waals surface area contributed by atoms with Gasteiger partial charge in [0, 0.05) is 30.1 Å². The van der Waals surface area contributed by atoms with Gasteiger partial charge in [-0.1, -0.05) is 0 Å². The van der Waals surface area contributed by atoms with Crippen LogP contribution in [0.4, 0.5) is 5.82 Å². The highest BCUT2D eigenvalue weighted by molar-refractivity contribution is 5.81. The fourth-order valence-electron chi connectivity index (χ4n) is 3.48. The first kappa shape index (κ1) is 17.5. The maximum Gasteiger partial charge on any atom is 0.309 e. The molecule has 0 aromatic carbocycles. The van der Waals surface area contributed by atoms with Gasteiger partial charge in [0.05, 0.1) is 12.5 Å². The molecule has 0 saturated heterocycles. The molecule has 0 fully saturated rings. The van der Waals surface area contributed by atoms with Crippen LogP contribution in [0.25, 0.3) is 11.1 Å². The van der Waals surface area contributed by atoms with E-state index in [9.17, 15) is 15.3 Å². The number of rotatable bonds is 3. The minimum Gasteiger partial charge on any atom is -0.466 e. The van der Waals surface area contributed by atoms with Gasteiger partial charge in [-0.15, -0.1) is 0 Å². The van der Waals surface area contributed by atoms with Gasteiger partial charge in [-0.05, 0) is 37.8 Å².